The van der Waals surface area contributed by atoms with Crippen molar-refractivity contribution in [3.8, 4) is 6.07 Å². The Morgan fingerprint density at radius 1 is 1.21 bits per heavy atom. The maximum Gasteiger partial charge on any atom is 0.416 e. The first-order valence-corrected chi connectivity index (χ1v) is 8.79. The number of nitriles is 1. The number of carboxylic acid groups (broad SMARTS) is 1. The molecule has 0 aliphatic heterocycles. The smallest absolute Gasteiger partial charge is 0.416 e. The predicted molar refractivity (Wildman–Crippen MR) is 107 cm³/mol. The van der Waals surface area contributed by atoms with Crippen molar-refractivity contribution < 1.29 is 14.7 Å². The highest BCUT2D eigenvalue weighted by Gasteiger charge is 2.15. The highest BCUT2D eigenvalue weighted by molar-refractivity contribution is 5.93. The van der Waals surface area contributed by atoms with Gasteiger partial charge in [0.05, 0.1) is 17.1 Å². The van der Waals surface area contributed by atoms with Gasteiger partial charge in [0.2, 0.25) is 5.91 Å². The van der Waals surface area contributed by atoms with Gasteiger partial charge in [0.25, 0.3) is 0 Å². The van der Waals surface area contributed by atoms with E-state index in [-0.39, 0.29) is 11.9 Å². The molecule has 0 spiro atoms. The van der Waals surface area contributed by atoms with Crippen molar-refractivity contribution in [3.05, 3.63) is 77.5 Å². The molecule has 1 amide bonds. The van der Waals surface area contributed by atoms with Crippen LogP contribution in [0.5, 0.6) is 0 Å². The van der Waals surface area contributed by atoms with Gasteiger partial charge in [-0.05, 0) is 42.7 Å². The molecule has 6 nitrogen and oxygen atoms in total. The minimum absolute atomic E-state index is 0.198. The summed E-state index contributed by atoms with van der Waals surface area (Å²) in [6.45, 7) is 1.86. The molecule has 1 aromatic heterocycles. The monoisotopic (exact) mass is 373 g/mol. The van der Waals surface area contributed by atoms with Crippen LogP contribution in [-0.4, -0.2) is 27.7 Å². The Morgan fingerprint density at radius 2 is 1.93 bits per heavy atom. The van der Waals surface area contributed by atoms with E-state index in [9.17, 15) is 14.7 Å². The molecule has 0 fully saturated rings. The molecule has 0 aliphatic rings. The lowest BCUT2D eigenvalue weighted by Crippen LogP contribution is -2.32. The standard InChI is InChI=1S/C22H19N3O3/c1-15(24-21(26)11-10-16-6-2-3-7-17(16)13-23)12-18-14-25(22(27)28)20-9-5-4-8-19(18)20/h2-11,14-15H,12H2,1H3,(H,24,26)(H,27,28)/t15-/m1/s1. The summed E-state index contributed by atoms with van der Waals surface area (Å²) in [4.78, 5) is 23.6. The largest absolute Gasteiger partial charge is 0.464 e. The summed E-state index contributed by atoms with van der Waals surface area (Å²) in [7, 11) is 0. The number of carbonyl (C=O) groups is 2. The molecule has 6 heteroatoms. The van der Waals surface area contributed by atoms with Crippen LogP contribution in [0.15, 0.2) is 60.8 Å². The van der Waals surface area contributed by atoms with Gasteiger partial charge in [-0.2, -0.15) is 5.26 Å². The summed E-state index contributed by atoms with van der Waals surface area (Å²) < 4.78 is 1.19. The Balaban J connectivity index is 1.71. The van der Waals surface area contributed by atoms with Crippen LogP contribution in [0.4, 0.5) is 4.79 Å². The van der Waals surface area contributed by atoms with Gasteiger partial charge in [-0.3, -0.25) is 9.36 Å². The van der Waals surface area contributed by atoms with Crippen molar-refractivity contribution in [2.24, 2.45) is 0 Å². The van der Waals surface area contributed by atoms with Crippen molar-refractivity contribution in [1.29, 1.82) is 5.26 Å². The lowest BCUT2D eigenvalue weighted by molar-refractivity contribution is -0.117. The van der Waals surface area contributed by atoms with E-state index in [0.717, 1.165) is 10.9 Å². The van der Waals surface area contributed by atoms with Crippen molar-refractivity contribution in [1.82, 2.24) is 9.88 Å². The number of fused-ring (bicyclic) bond motifs is 1. The summed E-state index contributed by atoms with van der Waals surface area (Å²) in [6, 6.07) is 16.2. The molecule has 2 N–H and O–H groups in total. The van der Waals surface area contributed by atoms with Gasteiger partial charge in [-0.15, -0.1) is 0 Å². The van der Waals surface area contributed by atoms with Crippen molar-refractivity contribution in [2.45, 2.75) is 19.4 Å². The number of benzene rings is 2. The molecule has 28 heavy (non-hydrogen) atoms. The van der Waals surface area contributed by atoms with E-state index < -0.39 is 6.09 Å². The third-order valence-corrected chi connectivity index (χ3v) is 4.41. The van der Waals surface area contributed by atoms with E-state index in [1.54, 1.807) is 48.7 Å². The number of nitrogens with zero attached hydrogens (tertiary/aromatic N) is 2. The Bertz CT molecular complexity index is 1110. The molecule has 2 aromatic carbocycles. The fourth-order valence-corrected chi connectivity index (χ4v) is 3.15. The molecule has 0 radical (unpaired) electrons. The lowest BCUT2D eigenvalue weighted by Gasteiger charge is -2.12. The molecular weight excluding hydrogens is 354 g/mol. The van der Waals surface area contributed by atoms with Crippen LogP contribution < -0.4 is 5.32 Å². The quantitative estimate of drug-likeness (QED) is 0.665. The first-order valence-electron chi connectivity index (χ1n) is 8.79. The first kappa shape index (κ1) is 18.9. The second kappa shape index (κ2) is 8.23. The van der Waals surface area contributed by atoms with E-state index in [1.165, 1.54) is 10.6 Å². The van der Waals surface area contributed by atoms with E-state index in [1.807, 2.05) is 19.1 Å². The molecule has 1 atom stereocenters. The number of carbonyl (C=O) groups excluding carboxylic acids is 1. The number of aromatic nitrogens is 1. The Morgan fingerprint density at radius 3 is 2.68 bits per heavy atom. The average molecular weight is 373 g/mol. The molecule has 140 valence electrons. The highest BCUT2D eigenvalue weighted by atomic mass is 16.4. The van der Waals surface area contributed by atoms with E-state index in [0.29, 0.717) is 23.1 Å². The number of nitrogens with one attached hydrogen (secondary N) is 1. The van der Waals surface area contributed by atoms with Gasteiger partial charge in [0.1, 0.15) is 0 Å². The molecule has 0 bridgehead atoms. The van der Waals surface area contributed by atoms with Gasteiger partial charge in [0.15, 0.2) is 0 Å². The molecule has 0 aliphatic carbocycles. The molecule has 3 aromatic rings. The van der Waals surface area contributed by atoms with Crippen molar-refractivity contribution in [3.63, 3.8) is 0 Å². The Labute approximate surface area is 162 Å². The number of amides is 1. The van der Waals surface area contributed by atoms with Crippen LogP contribution in [0.3, 0.4) is 0 Å². The maximum atomic E-state index is 12.2. The summed E-state index contributed by atoms with van der Waals surface area (Å²) >= 11 is 0. The Kier molecular flexibility index (Phi) is 5.56. The average Bonchev–Trinajstić information content (AvgIpc) is 3.05. The summed E-state index contributed by atoms with van der Waals surface area (Å²) in [5.41, 5.74) is 2.65. The second-order valence-electron chi connectivity index (χ2n) is 6.47. The molecule has 0 saturated carbocycles. The van der Waals surface area contributed by atoms with E-state index in [4.69, 9.17) is 5.26 Å². The maximum absolute atomic E-state index is 12.2. The zero-order valence-electron chi connectivity index (χ0n) is 15.3. The third kappa shape index (κ3) is 4.10. The van der Waals surface area contributed by atoms with Gasteiger partial charge in [0, 0.05) is 23.7 Å². The summed E-state index contributed by atoms with van der Waals surface area (Å²) in [6.07, 6.45) is 4.05. The lowest BCUT2D eigenvalue weighted by atomic mass is 10.1. The van der Waals surface area contributed by atoms with Crippen LogP contribution in [0.25, 0.3) is 17.0 Å². The zero-order valence-corrected chi connectivity index (χ0v) is 15.3. The van der Waals surface area contributed by atoms with Crippen LogP contribution in [0, 0.1) is 11.3 Å². The van der Waals surface area contributed by atoms with Crippen molar-refractivity contribution in [2.75, 3.05) is 0 Å². The van der Waals surface area contributed by atoms with Crippen LogP contribution in [0.1, 0.15) is 23.6 Å². The minimum Gasteiger partial charge on any atom is -0.464 e. The topological polar surface area (TPSA) is 95.1 Å². The molecule has 0 saturated heterocycles. The van der Waals surface area contributed by atoms with Crippen LogP contribution >= 0.6 is 0 Å². The van der Waals surface area contributed by atoms with E-state index in [2.05, 4.69) is 11.4 Å². The zero-order chi connectivity index (χ0) is 20.1. The van der Waals surface area contributed by atoms with Gasteiger partial charge < -0.3 is 10.4 Å². The van der Waals surface area contributed by atoms with Crippen LogP contribution in [-0.2, 0) is 11.2 Å². The SMILES string of the molecule is C[C@H](Cc1cn(C(=O)O)c2ccccc12)NC(=O)C=Cc1ccccc1C#N. The number of hydrogen-bond acceptors (Lipinski definition) is 3. The second-order valence-corrected chi connectivity index (χ2v) is 6.47. The fraction of sp³-hybridized carbons (Fsp3) is 0.136. The molecule has 3 rings (SSSR count). The number of hydrogen-bond donors (Lipinski definition) is 2. The normalized spacial score (nSPS) is 12.0. The minimum atomic E-state index is -1.04. The van der Waals surface area contributed by atoms with Gasteiger partial charge in [-0.1, -0.05) is 36.4 Å². The fourth-order valence-electron chi connectivity index (χ4n) is 3.15. The molecular formula is C22H19N3O3. The number of para-hydroxylation sites is 1. The first-order chi connectivity index (χ1) is 13.5. The highest BCUT2D eigenvalue weighted by Crippen LogP contribution is 2.22. The van der Waals surface area contributed by atoms with Crippen LogP contribution in [0.2, 0.25) is 0 Å². The van der Waals surface area contributed by atoms with Crippen molar-refractivity contribution >= 4 is 29.0 Å². The third-order valence-electron chi connectivity index (χ3n) is 4.41. The van der Waals surface area contributed by atoms with Gasteiger partial charge in [-0.25, -0.2) is 4.79 Å². The van der Waals surface area contributed by atoms with E-state index >= 15 is 0 Å². The summed E-state index contributed by atoms with van der Waals surface area (Å²) in [5.74, 6) is -0.276. The van der Waals surface area contributed by atoms with Gasteiger partial charge >= 0.3 is 6.09 Å². The molecule has 1 heterocycles. The number of rotatable bonds is 5. The molecule has 0 unspecified atom stereocenters. The summed E-state index contributed by atoms with van der Waals surface area (Å²) in [5, 5.41) is 22.2. The Hall–Kier alpha value is -3.85. The predicted octanol–water partition coefficient (Wildman–Crippen LogP) is 3.80.